The number of para-hydroxylation sites is 1. The molecular formula is C23H26N2O5. The van der Waals surface area contributed by atoms with Gasteiger partial charge in [0.1, 0.15) is 6.10 Å². The molecule has 3 saturated heterocycles. The van der Waals surface area contributed by atoms with Crippen molar-refractivity contribution in [2.24, 2.45) is 11.8 Å². The van der Waals surface area contributed by atoms with Crippen molar-refractivity contribution in [3.05, 3.63) is 41.7 Å². The van der Waals surface area contributed by atoms with Gasteiger partial charge in [0, 0.05) is 49.9 Å². The molecule has 7 heteroatoms. The Kier molecular flexibility index (Phi) is 4.56. The molecule has 5 atom stereocenters. The lowest BCUT2D eigenvalue weighted by molar-refractivity contribution is -0.145. The van der Waals surface area contributed by atoms with Crippen LogP contribution in [0.3, 0.4) is 0 Å². The fourth-order valence-electron chi connectivity index (χ4n) is 5.70. The van der Waals surface area contributed by atoms with Gasteiger partial charge in [-0.2, -0.15) is 0 Å². The number of piperidine rings is 1. The van der Waals surface area contributed by atoms with E-state index in [1.54, 1.807) is 11.2 Å². The average Bonchev–Trinajstić information content (AvgIpc) is 3.08. The van der Waals surface area contributed by atoms with Crippen LogP contribution in [0.15, 0.2) is 36.1 Å². The van der Waals surface area contributed by atoms with Crippen molar-refractivity contribution in [3.8, 4) is 0 Å². The first-order valence-electron chi connectivity index (χ1n) is 10.6. The SMILES string of the molecule is CC(=O)OCC(=O)N1c2ccccc2C2CCN3C[C@@H]4[C@H](CC3=O)C(=CO[C@@H]4C)[C@@H]21. The number of ether oxygens (including phenoxy) is 2. The van der Waals surface area contributed by atoms with Crippen LogP contribution < -0.4 is 4.90 Å². The van der Waals surface area contributed by atoms with Gasteiger partial charge in [-0.25, -0.2) is 0 Å². The van der Waals surface area contributed by atoms with E-state index in [4.69, 9.17) is 9.47 Å². The fraction of sp³-hybridized carbons (Fsp3) is 0.522. The van der Waals surface area contributed by atoms with E-state index >= 15 is 0 Å². The van der Waals surface area contributed by atoms with Gasteiger partial charge in [-0.15, -0.1) is 0 Å². The van der Waals surface area contributed by atoms with Crippen molar-refractivity contribution >= 4 is 23.5 Å². The summed E-state index contributed by atoms with van der Waals surface area (Å²) in [4.78, 5) is 41.1. The number of fused-ring (bicyclic) bond motifs is 3. The molecule has 6 rings (SSSR count). The van der Waals surface area contributed by atoms with Crippen LogP contribution in [0.2, 0.25) is 0 Å². The third-order valence-electron chi connectivity index (χ3n) is 7.12. The quantitative estimate of drug-likeness (QED) is 0.699. The van der Waals surface area contributed by atoms with Gasteiger partial charge in [-0.3, -0.25) is 14.4 Å². The molecule has 158 valence electrons. The largest absolute Gasteiger partial charge is 0.498 e. The molecule has 0 radical (unpaired) electrons. The summed E-state index contributed by atoms with van der Waals surface area (Å²) in [5.41, 5.74) is 2.98. The van der Waals surface area contributed by atoms with E-state index in [1.807, 2.05) is 23.1 Å². The average molecular weight is 410 g/mol. The van der Waals surface area contributed by atoms with Gasteiger partial charge < -0.3 is 19.3 Å². The van der Waals surface area contributed by atoms with E-state index in [2.05, 4.69) is 13.0 Å². The van der Waals surface area contributed by atoms with Crippen molar-refractivity contribution in [1.82, 2.24) is 4.90 Å². The number of anilines is 1. The number of esters is 1. The number of carbonyl (C=O) groups excluding carboxylic acids is 3. The normalized spacial score (nSPS) is 31.6. The van der Waals surface area contributed by atoms with Crippen LogP contribution in [0.1, 0.15) is 38.2 Å². The lowest BCUT2D eigenvalue weighted by atomic mass is 9.72. The van der Waals surface area contributed by atoms with Gasteiger partial charge in [0.2, 0.25) is 5.91 Å². The molecule has 3 fully saturated rings. The highest BCUT2D eigenvalue weighted by Crippen LogP contribution is 2.51. The van der Waals surface area contributed by atoms with Gasteiger partial charge in [0.15, 0.2) is 6.61 Å². The van der Waals surface area contributed by atoms with Crippen molar-refractivity contribution in [2.45, 2.75) is 44.8 Å². The molecule has 1 aromatic carbocycles. The second-order valence-corrected chi connectivity index (χ2v) is 8.72. The number of benzene rings is 1. The summed E-state index contributed by atoms with van der Waals surface area (Å²) in [6, 6.07) is 7.70. The first-order chi connectivity index (χ1) is 14.5. The molecule has 0 aromatic heterocycles. The predicted molar refractivity (Wildman–Crippen MR) is 109 cm³/mol. The van der Waals surface area contributed by atoms with Gasteiger partial charge in [0.05, 0.1) is 12.3 Å². The highest BCUT2D eigenvalue weighted by atomic mass is 16.5. The molecule has 0 saturated carbocycles. The van der Waals surface area contributed by atoms with Gasteiger partial charge in [0.25, 0.3) is 5.91 Å². The molecule has 5 aliphatic rings. The van der Waals surface area contributed by atoms with Crippen LogP contribution in [0.25, 0.3) is 0 Å². The summed E-state index contributed by atoms with van der Waals surface area (Å²) < 4.78 is 11.1. The summed E-state index contributed by atoms with van der Waals surface area (Å²) in [5, 5.41) is 0. The number of nitrogens with zero attached hydrogens (tertiary/aromatic N) is 2. The molecule has 1 unspecified atom stereocenters. The van der Waals surface area contributed by atoms with E-state index < -0.39 is 5.97 Å². The minimum Gasteiger partial charge on any atom is -0.498 e. The Morgan fingerprint density at radius 3 is 2.83 bits per heavy atom. The molecule has 4 bridgehead atoms. The Morgan fingerprint density at radius 1 is 1.23 bits per heavy atom. The second-order valence-electron chi connectivity index (χ2n) is 8.72. The van der Waals surface area contributed by atoms with Crippen LogP contribution in [-0.4, -0.2) is 54.5 Å². The fourth-order valence-corrected chi connectivity index (χ4v) is 5.70. The molecule has 5 heterocycles. The summed E-state index contributed by atoms with van der Waals surface area (Å²) in [6.45, 7) is 4.43. The second kappa shape index (κ2) is 7.15. The van der Waals surface area contributed by atoms with E-state index in [0.717, 1.165) is 23.2 Å². The van der Waals surface area contributed by atoms with Crippen molar-refractivity contribution in [2.75, 3.05) is 24.6 Å². The monoisotopic (exact) mass is 410 g/mol. The predicted octanol–water partition coefficient (Wildman–Crippen LogP) is 2.22. The maximum atomic E-state index is 13.2. The van der Waals surface area contributed by atoms with Gasteiger partial charge in [-0.1, -0.05) is 18.2 Å². The zero-order valence-corrected chi connectivity index (χ0v) is 17.2. The smallest absolute Gasteiger partial charge is 0.303 e. The molecule has 5 aliphatic heterocycles. The first kappa shape index (κ1) is 19.2. The Bertz CT molecular complexity index is 941. The number of hydrogen-bond donors (Lipinski definition) is 0. The minimum absolute atomic E-state index is 0.0277. The first-order valence-corrected chi connectivity index (χ1v) is 10.6. The van der Waals surface area contributed by atoms with Crippen molar-refractivity contribution in [1.29, 1.82) is 0 Å². The van der Waals surface area contributed by atoms with Crippen LogP contribution in [0, 0.1) is 11.8 Å². The molecule has 0 aliphatic carbocycles. The molecule has 30 heavy (non-hydrogen) atoms. The summed E-state index contributed by atoms with van der Waals surface area (Å²) in [7, 11) is 0. The van der Waals surface area contributed by atoms with Crippen molar-refractivity contribution in [3.63, 3.8) is 0 Å². The Labute approximate surface area is 175 Å². The van der Waals surface area contributed by atoms with Gasteiger partial charge in [-0.05, 0) is 30.5 Å². The summed E-state index contributed by atoms with van der Waals surface area (Å²) in [5.74, 6) is -0.200. The number of hydrogen-bond acceptors (Lipinski definition) is 5. The Morgan fingerprint density at radius 2 is 2.03 bits per heavy atom. The molecular weight excluding hydrogens is 384 g/mol. The van der Waals surface area contributed by atoms with Crippen LogP contribution in [-0.2, 0) is 23.9 Å². The molecule has 1 aromatic rings. The number of carbonyl (C=O) groups is 3. The number of rotatable bonds is 2. The van der Waals surface area contributed by atoms with E-state index in [-0.39, 0.29) is 48.3 Å². The lowest BCUT2D eigenvalue weighted by Crippen LogP contribution is -2.52. The highest BCUT2D eigenvalue weighted by molar-refractivity contribution is 5.99. The summed E-state index contributed by atoms with van der Waals surface area (Å²) >= 11 is 0. The molecule has 2 amide bonds. The lowest BCUT2D eigenvalue weighted by Gasteiger charge is -2.45. The Balaban J connectivity index is 1.62. The Hall–Kier alpha value is -2.83. The molecule has 7 nitrogen and oxygen atoms in total. The maximum Gasteiger partial charge on any atom is 0.303 e. The number of amides is 2. The highest BCUT2D eigenvalue weighted by Gasteiger charge is 2.52. The van der Waals surface area contributed by atoms with Crippen molar-refractivity contribution < 1.29 is 23.9 Å². The zero-order valence-electron chi connectivity index (χ0n) is 17.2. The minimum atomic E-state index is -0.479. The van der Waals surface area contributed by atoms with Crippen LogP contribution in [0.5, 0.6) is 0 Å². The maximum absolute atomic E-state index is 13.2. The molecule has 0 spiro atoms. The summed E-state index contributed by atoms with van der Waals surface area (Å²) in [6.07, 6.45) is 3.06. The third-order valence-corrected chi connectivity index (χ3v) is 7.12. The van der Waals surface area contributed by atoms with E-state index in [9.17, 15) is 14.4 Å². The molecule has 0 N–H and O–H groups in total. The third kappa shape index (κ3) is 2.90. The van der Waals surface area contributed by atoms with Crippen LogP contribution in [0.4, 0.5) is 5.69 Å². The van der Waals surface area contributed by atoms with E-state index in [1.165, 1.54) is 6.92 Å². The van der Waals surface area contributed by atoms with Crippen LogP contribution >= 0.6 is 0 Å². The topological polar surface area (TPSA) is 76.2 Å². The van der Waals surface area contributed by atoms with E-state index in [0.29, 0.717) is 19.5 Å². The zero-order chi connectivity index (χ0) is 21.0. The van der Waals surface area contributed by atoms with Gasteiger partial charge >= 0.3 is 5.97 Å². The standard InChI is InChI=1S/C23H26N2O5/c1-13-18-10-24-8-7-16-15-5-3-4-6-20(15)25(22(28)12-30-14(2)26)23(16)19(11-29-13)17(18)9-21(24)27/h3-6,11,13,16-18,23H,7-10,12H2,1-2H3/t13-,16?,17+,18+,23-/m1/s1.